The Bertz CT molecular complexity index is 826. The largest absolute Gasteiger partial charge is 0.496 e. The molecule has 0 fully saturated rings. The number of aryl methyl sites for hydroxylation is 1. The van der Waals surface area contributed by atoms with Crippen LogP contribution >= 0.6 is 0 Å². The smallest absolute Gasteiger partial charge is 0.257 e. The van der Waals surface area contributed by atoms with Gasteiger partial charge in [-0.1, -0.05) is 0 Å². The van der Waals surface area contributed by atoms with Gasteiger partial charge in [-0.15, -0.1) is 0 Å². The molecule has 0 spiro atoms. The van der Waals surface area contributed by atoms with E-state index in [4.69, 9.17) is 14.3 Å². The lowest BCUT2D eigenvalue weighted by atomic mass is 10.1. The summed E-state index contributed by atoms with van der Waals surface area (Å²) in [6.07, 6.45) is 0. The molecule has 0 saturated carbocycles. The summed E-state index contributed by atoms with van der Waals surface area (Å²) >= 11 is 0. The van der Waals surface area contributed by atoms with E-state index in [0.717, 1.165) is 5.76 Å². The molecule has 0 aliphatic heterocycles. The van der Waals surface area contributed by atoms with Gasteiger partial charge in [-0.25, -0.2) is 13.6 Å². The van der Waals surface area contributed by atoms with Crippen LogP contribution in [-0.4, -0.2) is 33.4 Å². The van der Waals surface area contributed by atoms with E-state index in [0.29, 0.717) is 5.76 Å². The van der Waals surface area contributed by atoms with Crippen LogP contribution in [0.2, 0.25) is 0 Å². The maximum Gasteiger partial charge on any atom is 0.257 e. The van der Waals surface area contributed by atoms with E-state index >= 15 is 0 Å². The highest BCUT2D eigenvalue weighted by atomic mass is 32.2. The van der Waals surface area contributed by atoms with Gasteiger partial charge in [0.25, 0.3) is 5.91 Å². The number of furan rings is 1. The lowest BCUT2D eigenvalue weighted by Gasteiger charge is -2.18. The molecule has 1 aromatic carbocycles. The van der Waals surface area contributed by atoms with Crippen molar-refractivity contribution in [3.63, 3.8) is 0 Å². The van der Waals surface area contributed by atoms with E-state index < -0.39 is 15.9 Å². The second kappa shape index (κ2) is 6.43. The molecule has 1 amide bonds. The van der Waals surface area contributed by atoms with Gasteiger partial charge < -0.3 is 14.1 Å². The van der Waals surface area contributed by atoms with Crippen molar-refractivity contribution in [3.8, 4) is 5.75 Å². The molecule has 0 aliphatic rings. The molecule has 1 aromatic heterocycles. The first-order valence-corrected chi connectivity index (χ1v) is 8.28. The molecule has 0 unspecified atom stereocenters. The summed E-state index contributed by atoms with van der Waals surface area (Å²) in [6.45, 7) is 2.05. The molecule has 0 saturated heterocycles. The molecule has 1 heterocycles. The SMILES string of the molecule is COc1ccc(S(N)(=O)=O)cc1C(=O)N(C)Cc1ccc(C)o1. The van der Waals surface area contributed by atoms with Gasteiger partial charge in [0.2, 0.25) is 10.0 Å². The third-order valence-corrected chi connectivity index (χ3v) is 4.18. The molecule has 2 aromatic rings. The molecule has 2 rings (SSSR count). The Kier molecular flexibility index (Phi) is 4.76. The first kappa shape index (κ1) is 17.0. The van der Waals surface area contributed by atoms with Gasteiger partial charge in [0.1, 0.15) is 17.3 Å². The van der Waals surface area contributed by atoms with Crippen LogP contribution in [-0.2, 0) is 16.6 Å². The number of carbonyl (C=O) groups is 1. The van der Waals surface area contributed by atoms with Crippen molar-refractivity contribution >= 4 is 15.9 Å². The molecule has 0 radical (unpaired) electrons. The van der Waals surface area contributed by atoms with E-state index in [1.54, 1.807) is 19.2 Å². The molecule has 0 bridgehead atoms. The van der Waals surface area contributed by atoms with Crippen LogP contribution in [0.1, 0.15) is 21.9 Å². The Morgan fingerprint density at radius 3 is 2.52 bits per heavy atom. The number of nitrogens with zero attached hydrogens (tertiary/aromatic N) is 1. The number of hydrogen-bond acceptors (Lipinski definition) is 5. The van der Waals surface area contributed by atoms with Gasteiger partial charge in [-0.2, -0.15) is 0 Å². The maximum atomic E-state index is 12.6. The lowest BCUT2D eigenvalue weighted by molar-refractivity contribution is 0.0771. The van der Waals surface area contributed by atoms with Crippen molar-refractivity contribution < 1.29 is 22.4 Å². The number of rotatable bonds is 5. The standard InChI is InChI=1S/C15H18N2O5S/c1-10-4-5-11(22-10)9-17(2)15(18)13-8-12(23(16,19)20)6-7-14(13)21-3/h4-8H,9H2,1-3H3,(H2,16,19,20). The normalized spacial score (nSPS) is 11.3. The Labute approximate surface area is 134 Å². The van der Waals surface area contributed by atoms with Crippen molar-refractivity contribution in [2.75, 3.05) is 14.2 Å². The highest BCUT2D eigenvalue weighted by molar-refractivity contribution is 7.89. The van der Waals surface area contributed by atoms with Crippen molar-refractivity contribution in [2.24, 2.45) is 5.14 Å². The van der Waals surface area contributed by atoms with Gasteiger partial charge >= 0.3 is 0 Å². The van der Waals surface area contributed by atoms with Gasteiger partial charge in [-0.05, 0) is 37.3 Å². The van der Waals surface area contributed by atoms with E-state index in [1.165, 1.54) is 30.2 Å². The monoisotopic (exact) mass is 338 g/mol. The highest BCUT2D eigenvalue weighted by Gasteiger charge is 2.21. The summed E-state index contributed by atoms with van der Waals surface area (Å²) in [7, 11) is -0.922. The summed E-state index contributed by atoms with van der Waals surface area (Å²) in [4.78, 5) is 13.8. The number of primary sulfonamides is 1. The van der Waals surface area contributed by atoms with Gasteiger partial charge in [0.15, 0.2) is 0 Å². The molecule has 0 atom stereocenters. The summed E-state index contributed by atoms with van der Waals surface area (Å²) in [6, 6.07) is 7.48. The van der Waals surface area contributed by atoms with Crippen LogP contribution in [0, 0.1) is 6.92 Å². The van der Waals surface area contributed by atoms with Crippen LogP contribution in [0.15, 0.2) is 39.6 Å². The second-order valence-electron chi connectivity index (χ2n) is 5.08. The zero-order chi connectivity index (χ0) is 17.2. The van der Waals surface area contributed by atoms with Crippen LogP contribution in [0.5, 0.6) is 5.75 Å². The second-order valence-corrected chi connectivity index (χ2v) is 6.64. The molecule has 124 valence electrons. The average Bonchev–Trinajstić information content (AvgIpc) is 2.89. The molecule has 8 heteroatoms. The third kappa shape index (κ3) is 3.91. The van der Waals surface area contributed by atoms with Crippen LogP contribution in [0.4, 0.5) is 0 Å². The average molecular weight is 338 g/mol. The number of carbonyl (C=O) groups excluding carboxylic acids is 1. The van der Waals surface area contributed by atoms with Crippen LogP contribution < -0.4 is 9.88 Å². The minimum absolute atomic E-state index is 0.116. The van der Waals surface area contributed by atoms with Gasteiger partial charge in [0.05, 0.1) is 24.1 Å². The fourth-order valence-electron chi connectivity index (χ4n) is 2.11. The van der Waals surface area contributed by atoms with Crippen molar-refractivity contribution in [1.29, 1.82) is 0 Å². The summed E-state index contributed by atoms with van der Waals surface area (Å²) in [5.41, 5.74) is 0.116. The number of benzene rings is 1. The van der Waals surface area contributed by atoms with E-state index in [-0.39, 0.29) is 22.8 Å². The molecular formula is C15H18N2O5S. The zero-order valence-electron chi connectivity index (χ0n) is 13.1. The first-order chi connectivity index (χ1) is 10.7. The summed E-state index contributed by atoms with van der Waals surface area (Å²) < 4.78 is 33.5. The number of ether oxygens (including phenoxy) is 1. The summed E-state index contributed by atoms with van der Waals surface area (Å²) in [5.74, 6) is 1.24. The number of methoxy groups -OCH3 is 1. The van der Waals surface area contributed by atoms with Gasteiger partial charge in [-0.3, -0.25) is 4.79 Å². The lowest BCUT2D eigenvalue weighted by Crippen LogP contribution is -2.27. The Morgan fingerprint density at radius 1 is 1.30 bits per heavy atom. The van der Waals surface area contributed by atoms with Crippen molar-refractivity contribution in [2.45, 2.75) is 18.4 Å². The molecule has 23 heavy (non-hydrogen) atoms. The van der Waals surface area contributed by atoms with Crippen LogP contribution in [0.25, 0.3) is 0 Å². The predicted octanol–water partition coefficient (Wildman–Crippen LogP) is 1.52. The van der Waals surface area contributed by atoms with E-state index in [2.05, 4.69) is 0 Å². The predicted molar refractivity (Wildman–Crippen MR) is 83.6 cm³/mol. The van der Waals surface area contributed by atoms with Crippen molar-refractivity contribution in [1.82, 2.24) is 4.90 Å². The van der Waals surface area contributed by atoms with E-state index in [1.807, 2.05) is 6.92 Å². The zero-order valence-corrected chi connectivity index (χ0v) is 13.9. The van der Waals surface area contributed by atoms with Gasteiger partial charge in [0, 0.05) is 7.05 Å². The maximum absolute atomic E-state index is 12.6. The molecule has 7 nitrogen and oxygen atoms in total. The number of hydrogen-bond donors (Lipinski definition) is 1. The fraction of sp³-hybridized carbons (Fsp3) is 0.267. The number of sulfonamides is 1. The molecule has 0 aliphatic carbocycles. The molecular weight excluding hydrogens is 320 g/mol. The Hall–Kier alpha value is -2.32. The third-order valence-electron chi connectivity index (χ3n) is 3.27. The minimum atomic E-state index is -3.91. The fourth-order valence-corrected chi connectivity index (χ4v) is 2.65. The highest BCUT2D eigenvalue weighted by Crippen LogP contribution is 2.24. The number of nitrogens with two attached hydrogens (primary N) is 1. The Morgan fingerprint density at radius 2 is 2.00 bits per heavy atom. The molecule has 2 N–H and O–H groups in total. The van der Waals surface area contributed by atoms with Crippen molar-refractivity contribution in [3.05, 3.63) is 47.4 Å². The minimum Gasteiger partial charge on any atom is -0.496 e. The topological polar surface area (TPSA) is 103 Å². The Balaban J connectivity index is 2.33. The van der Waals surface area contributed by atoms with E-state index in [9.17, 15) is 13.2 Å². The first-order valence-electron chi connectivity index (χ1n) is 6.74. The van der Waals surface area contributed by atoms with Crippen LogP contribution in [0.3, 0.4) is 0 Å². The summed E-state index contributed by atoms with van der Waals surface area (Å²) in [5, 5.41) is 5.11. The quantitative estimate of drug-likeness (QED) is 0.890. The number of amides is 1.